The number of carbonyl (C=O) groups excluding carboxylic acids is 2. The standard InChI is InChI=1S/C18H34N4O2/c1-15(2)22-13-16(6-7-17(22)23)12-20-8-5-9-21(11-10-20)14-18(24)19(3)4/h15-16H,5-14H2,1-4H3. The zero-order valence-corrected chi connectivity index (χ0v) is 15.8. The van der Waals surface area contributed by atoms with Crippen molar-refractivity contribution < 1.29 is 9.59 Å². The molecule has 1 unspecified atom stereocenters. The van der Waals surface area contributed by atoms with E-state index in [2.05, 4.69) is 23.6 Å². The molecule has 2 rings (SSSR count). The Morgan fingerprint density at radius 2 is 1.83 bits per heavy atom. The molecule has 0 radical (unpaired) electrons. The van der Waals surface area contributed by atoms with E-state index in [1.807, 2.05) is 19.0 Å². The van der Waals surface area contributed by atoms with Crippen molar-refractivity contribution in [3.05, 3.63) is 0 Å². The van der Waals surface area contributed by atoms with E-state index in [9.17, 15) is 9.59 Å². The Morgan fingerprint density at radius 3 is 2.50 bits per heavy atom. The maximum Gasteiger partial charge on any atom is 0.236 e. The summed E-state index contributed by atoms with van der Waals surface area (Å²) in [7, 11) is 3.63. The smallest absolute Gasteiger partial charge is 0.236 e. The molecule has 2 fully saturated rings. The van der Waals surface area contributed by atoms with Gasteiger partial charge in [-0.25, -0.2) is 0 Å². The van der Waals surface area contributed by atoms with Crippen LogP contribution in [0.4, 0.5) is 0 Å². The summed E-state index contributed by atoms with van der Waals surface area (Å²) < 4.78 is 0. The molecule has 2 aliphatic heterocycles. The second-order valence-corrected chi connectivity index (χ2v) is 7.76. The Morgan fingerprint density at radius 1 is 1.17 bits per heavy atom. The maximum atomic E-state index is 12.0. The Bertz CT molecular complexity index is 439. The monoisotopic (exact) mass is 338 g/mol. The highest BCUT2D eigenvalue weighted by Gasteiger charge is 2.29. The van der Waals surface area contributed by atoms with Crippen LogP contribution in [0.1, 0.15) is 33.1 Å². The van der Waals surface area contributed by atoms with Gasteiger partial charge in [-0.1, -0.05) is 0 Å². The summed E-state index contributed by atoms with van der Waals surface area (Å²) in [5.41, 5.74) is 0. The van der Waals surface area contributed by atoms with Gasteiger partial charge >= 0.3 is 0 Å². The summed E-state index contributed by atoms with van der Waals surface area (Å²) in [6.07, 6.45) is 2.82. The number of hydrogen-bond acceptors (Lipinski definition) is 4. The second-order valence-electron chi connectivity index (χ2n) is 7.76. The third-order valence-electron chi connectivity index (χ3n) is 5.22. The first-order valence-corrected chi connectivity index (χ1v) is 9.31. The van der Waals surface area contributed by atoms with Gasteiger partial charge < -0.3 is 14.7 Å². The Balaban J connectivity index is 1.80. The van der Waals surface area contributed by atoms with Crippen molar-refractivity contribution in [2.45, 2.75) is 39.2 Å². The first-order valence-electron chi connectivity index (χ1n) is 9.31. The van der Waals surface area contributed by atoms with Gasteiger partial charge in [0.15, 0.2) is 0 Å². The number of nitrogens with zero attached hydrogens (tertiary/aromatic N) is 4. The van der Waals surface area contributed by atoms with Crippen LogP contribution >= 0.6 is 0 Å². The largest absolute Gasteiger partial charge is 0.348 e. The van der Waals surface area contributed by atoms with E-state index in [4.69, 9.17) is 0 Å². The summed E-state index contributed by atoms with van der Waals surface area (Å²) in [6.45, 7) is 10.8. The Hall–Kier alpha value is -1.14. The van der Waals surface area contributed by atoms with Crippen molar-refractivity contribution in [1.29, 1.82) is 0 Å². The van der Waals surface area contributed by atoms with Crippen LogP contribution in [0.25, 0.3) is 0 Å². The van der Waals surface area contributed by atoms with Crippen molar-refractivity contribution in [2.75, 3.05) is 59.9 Å². The quantitative estimate of drug-likeness (QED) is 0.741. The molecule has 1 atom stereocenters. The van der Waals surface area contributed by atoms with E-state index in [0.717, 1.165) is 52.1 Å². The Labute approximate surface area is 146 Å². The molecule has 2 saturated heterocycles. The molecule has 6 heteroatoms. The van der Waals surface area contributed by atoms with Gasteiger partial charge in [0.2, 0.25) is 11.8 Å². The number of piperidine rings is 1. The fourth-order valence-corrected chi connectivity index (χ4v) is 3.65. The molecule has 0 aromatic carbocycles. The molecule has 0 saturated carbocycles. The summed E-state index contributed by atoms with van der Waals surface area (Å²) in [4.78, 5) is 32.4. The minimum absolute atomic E-state index is 0.182. The van der Waals surface area contributed by atoms with E-state index in [-0.39, 0.29) is 5.91 Å². The number of amides is 2. The average molecular weight is 338 g/mol. The van der Waals surface area contributed by atoms with Crippen LogP contribution in [0, 0.1) is 5.92 Å². The lowest BCUT2D eigenvalue weighted by atomic mass is 9.95. The zero-order valence-electron chi connectivity index (χ0n) is 15.8. The van der Waals surface area contributed by atoms with Crippen molar-refractivity contribution in [3.63, 3.8) is 0 Å². The molecule has 0 aromatic rings. The number of hydrogen-bond donors (Lipinski definition) is 0. The van der Waals surface area contributed by atoms with Crippen molar-refractivity contribution >= 4 is 11.8 Å². The van der Waals surface area contributed by atoms with Crippen LogP contribution in [-0.4, -0.2) is 97.4 Å². The van der Waals surface area contributed by atoms with Crippen molar-refractivity contribution in [3.8, 4) is 0 Å². The molecule has 2 amide bonds. The number of rotatable bonds is 5. The van der Waals surface area contributed by atoms with Crippen molar-refractivity contribution in [2.24, 2.45) is 5.92 Å². The lowest BCUT2D eigenvalue weighted by Crippen LogP contribution is -2.47. The average Bonchev–Trinajstić information content (AvgIpc) is 2.74. The van der Waals surface area contributed by atoms with E-state index in [0.29, 0.717) is 30.8 Å². The lowest BCUT2D eigenvalue weighted by Gasteiger charge is -2.37. The minimum Gasteiger partial charge on any atom is -0.348 e. The molecule has 2 heterocycles. The van der Waals surface area contributed by atoms with Crippen LogP contribution in [0.5, 0.6) is 0 Å². The molecule has 2 aliphatic rings. The molecule has 138 valence electrons. The predicted octanol–water partition coefficient (Wildman–Crippen LogP) is 0.729. The van der Waals surface area contributed by atoms with Gasteiger partial charge in [-0.15, -0.1) is 0 Å². The molecular formula is C18H34N4O2. The molecule has 0 aromatic heterocycles. The third kappa shape index (κ3) is 5.45. The van der Waals surface area contributed by atoms with Gasteiger partial charge in [0, 0.05) is 52.7 Å². The fraction of sp³-hybridized carbons (Fsp3) is 0.889. The molecule has 6 nitrogen and oxygen atoms in total. The number of likely N-dealkylation sites (N-methyl/N-ethyl adjacent to an activating group) is 1. The highest BCUT2D eigenvalue weighted by atomic mass is 16.2. The summed E-state index contributed by atoms with van der Waals surface area (Å²) in [6, 6.07) is 0.303. The summed E-state index contributed by atoms with van der Waals surface area (Å²) >= 11 is 0. The van der Waals surface area contributed by atoms with Crippen LogP contribution in [0.3, 0.4) is 0 Å². The van der Waals surface area contributed by atoms with E-state index in [1.54, 1.807) is 4.90 Å². The normalized spacial score (nSPS) is 24.3. The van der Waals surface area contributed by atoms with Gasteiger partial charge in [-0.05, 0) is 45.7 Å². The second kappa shape index (κ2) is 8.81. The lowest BCUT2D eigenvalue weighted by molar-refractivity contribution is -0.137. The summed E-state index contributed by atoms with van der Waals surface area (Å²) in [5.74, 6) is 1.08. The van der Waals surface area contributed by atoms with Gasteiger partial charge in [0.1, 0.15) is 0 Å². The van der Waals surface area contributed by atoms with Gasteiger partial charge in [-0.3, -0.25) is 14.5 Å². The molecule has 0 spiro atoms. The van der Waals surface area contributed by atoms with Crippen LogP contribution in [0.2, 0.25) is 0 Å². The van der Waals surface area contributed by atoms with E-state index < -0.39 is 0 Å². The maximum absolute atomic E-state index is 12.0. The van der Waals surface area contributed by atoms with Crippen molar-refractivity contribution in [1.82, 2.24) is 19.6 Å². The third-order valence-corrected chi connectivity index (χ3v) is 5.22. The van der Waals surface area contributed by atoms with Crippen LogP contribution in [0.15, 0.2) is 0 Å². The minimum atomic E-state index is 0.182. The fourth-order valence-electron chi connectivity index (χ4n) is 3.65. The van der Waals surface area contributed by atoms with Crippen LogP contribution in [-0.2, 0) is 9.59 Å². The number of carbonyl (C=O) groups is 2. The predicted molar refractivity (Wildman–Crippen MR) is 95.8 cm³/mol. The van der Waals surface area contributed by atoms with E-state index >= 15 is 0 Å². The first-order chi connectivity index (χ1) is 11.4. The zero-order chi connectivity index (χ0) is 17.7. The topological polar surface area (TPSA) is 47.1 Å². The molecule has 0 aliphatic carbocycles. The highest BCUT2D eigenvalue weighted by molar-refractivity contribution is 5.77. The number of likely N-dealkylation sites (tertiary alicyclic amines) is 1. The van der Waals surface area contributed by atoms with Crippen LogP contribution < -0.4 is 0 Å². The molecular weight excluding hydrogens is 304 g/mol. The van der Waals surface area contributed by atoms with Gasteiger partial charge in [0.25, 0.3) is 0 Å². The SMILES string of the molecule is CC(C)N1CC(CN2CCCN(CC(=O)N(C)C)CC2)CCC1=O. The summed E-state index contributed by atoms with van der Waals surface area (Å²) in [5, 5.41) is 0. The molecule has 0 bridgehead atoms. The van der Waals surface area contributed by atoms with Gasteiger partial charge in [0.05, 0.1) is 6.54 Å². The first kappa shape index (κ1) is 19.2. The highest BCUT2D eigenvalue weighted by Crippen LogP contribution is 2.21. The molecule has 24 heavy (non-hydrogen) atoms. The van der Waals surface area contributed by atoms with Gasteiger partial charge in [-0.2, -0.15) is 0 Å². The Kier molecular flexibility index (Phi) is 7.04. The molecule has 0 N–H and O–H groups in total. The van der Waals surface area contributed by atoms with E-state index in [1.165, 1.54) is 0 Å².